The number of aromatic nitrogens is 1. The summed E-state index contributed by atoms with van der Waals surface area (Å²) in [6.45, 7) is 9.58. The predicted octanol–water partition coefficient (Wildman–Crippen LogP) is 4.87. The molecule has 9 heteroatoms. The molecule has 1 amide bonds. The van der Waals surface area contributed by atoms with Crippen molar-refractivity contribution >= 4 is 33.9 Å². The zero-order valence-corrected chi connectivity index (χ0v) is 22.9. The number of rotatable bonds is 7. The lowest BCUT2D eigenvalue weighted by atomic mass is 9.84. The Bertz CT molecular complexity index is 1580. The molecule has 3 N–H and O–H groups in total. The fraction of sp³-hybridized carbons (Fsp3) is 0.267. The zero-order valence-electron chi connectivity index (χ0n) is 22.9. The van der Waals surface area contributed by atoms with Crippen LogP contribution >= 0.6 is 0 Å². The van der Waals surface area contributed by atoms with Crippen molar-refractivity contribution in [2.45, 2.75) is 13.8 Å². The van der Waals surface area contributed by atoms with Crippen LogP contribution in [-0.4, -0.2) is 48.5 Å². The highest BCUT2D eigenvalue weighted by atomic mass is 16.5. The fourth-order valence-electron chi connectivity index (χ4n) is 4.95. The number of fused-ring (bicyclic) bond motifs is 1. The highest BCUT2D eigenvalue weighted by Gasteiger charge is 2.40. The number of benzene rings is 2. The quantitative estimate of drug-likeness (QED) is 0.454. The number of nitrogens with two attached hydrogens (primary N) is 1. The summed E-state index contributed by atoms with van der Waals surface area (Å²) in [4.78, 5) is 19.8. The maximum absolute atomic E-state index is 13.3. The normalized spacial score (nSPS) is 17.4. The van der Waals surface area contributed by atoms with Gasteiger partial charge in [-0.25, -0.2) is 0 Å². The largest absolute Gasteiger partial charge is 0.496 e. The fourth-order valence-corrected chi connectivity index (χ4v) is 4.95. The Balaban J connectivity index is 1.46. The average molecular weight is 528 g/mol. The van der Waals surface area contributed by atoms with Crippen LogP contribution in [0.3, 0.4) is 0 Å². The maximum atomic E-state index is 13.3. The summed E-state index contributed by atoms with van der Waals surface area (Å²) in [6.07, 6.45) is 3.60. The van der Waals surface area contributed by atoms with Gasteiger partial charge in [0.1, 0.15) is 17.2 Å². The minimum absolute atomic E-state index is 0.176. The first-order valence-corrected chi connectivity index (χ1v) is 12.6. The molecule has 0 radical (unpaired) electrons. The standard InChI is InChI=1S/C30H33N5O4/c1-18-28(35(13-12-32-18)19(2)30(3)16-39-17-30)27(31)20-10-11-22(26(14-20)38-6)33-29(36)24-15-21-23(34(24)4)8-7-9-25(21)37-5/h7-15H,2,16-17,31H2,1,3-6H3,(H,33,36)/b28-27-. The molecule has 0 atom stereocenters. The number of ether oxygens (including phenoxy) is 3. The van der Waals surface area contributed by atoms with E-state index >= 15 is 0 Å². The first-order valence-electron chi connectivity index (χ1n) is 12.6. The van der Waals surface area contributed by atoms with Gasteiger partial charge in [0.15, 0.2) is 0 Å². The van der Waals surface area contributed by atoms with Crippen molar-refractivity contribution in [1.82, 2.24) is 9.47 Å². The van der Waals surface area contributed by atoms with E-state index in [1.165, 1.54) is 0 Å². The smallest absolute Gasteiger partial charge is 0.272 e. The number of aryl methyl sites for hydroxylation is 1. The van der Waals surface area contributed by atoms with Gasteiger partial charge < -0.3 is 34.7 Å². The van der Waals surface area contributed by atoms with Gasteiger partial charge in [-0.2, -0.15) is 0 Å². The number of allylic oxidation sites excluding steroid dienone is 1. The van der Waals surface area contributed by atoms with Gasteiger partial charge in [-0.05, 0) is 44.2 Å². The Morgan fingerprint density at radius 3 is 2.56 bits per heavy atom. The Hall–Kier alpha value is -4.50. The van der Waals surface area contributed by atoms with Gasteiger partial charge in [0.05, 0.1) is 61.2 Å². The van der Waals surface area contributed by atoms with Crippen molar-refractivity contribution < 1.29 is 19.0 Å². The van der Waals surface area contributed by atoms with Crippen LogP contribution in [0.1, 0.15) is 29.9 Å². The molecular weight excluding hydrogens is 494 g/mol. The lowest BCUT2D eigenvalue weighted by molar-refractivity contribution is -0.0859. The Kier molecular flexibility index (Phi) is 6.69. The van der Waals surface area contributed by atoms with Crippen molar-refractivity contribution in [3.05, 3.63) is 84.1 Å². The molecule has 2 aliphatic rings. The third-order valence-electron chi connectivity index (χ3n) is 7.41. The number of methoxy groups -OCH3 is 2. The number of hydrogen-bond donors (Lipinski definition) is 2. The molecule has 1 aromatic heterocycles. The molecule has 3 aromatic rings. The van der Waals surface area contributed by atoms with E-state index < -0.39 is 0 Å². The average Bonchev–Trinajstić information content (AvgIpc) is 3.27. The van der Waals surface area contributed by atoms with Gasteiger partial charge in [-0.3, -0.25) is 9.79 Å². The number of amides is 1. The number of hydrogen-bond acceptors (Lipinski definition) is 7. The molecular formula is C30H33N5O4. The van der Waals surface area contributed by atoms with Crippen LogP contribution in [0.25, 0.3) is 16.6 Å². The molecule has 0 spiro atoms. The molecule has 0 saturated carbocycles. The summed E-state index contributed by atoms with van der Waals surface area (Å²) in [5.41, 5.74) is 12.1. The topological polar surface area (TPSA) is 103 Å². The van der Waals surface area contributed by atoms with Crippen LogP contribution in [0.15, 0.2) is 77.8 Å². The number of aliphatic imine (C=N–C) groups is 1. The first kappa shape index (κ1) is 26.1. The van der Waals surface area contributed by atoms with Crippen molar-refractivity contribution in [2.24, 2.45) is 23.2 Å². The Morgan fingerprint density at radius 2 is 1.90 bits per heavy atom. The molecule has 3 heterocycles. The molecule has 0 unspecified atom stereocenters. The lowest BCUT2D eigenvalue weighted by Gasteiger charge is -2.44. The second-order valence-electron chi connectivity index (χ2n) is 10.00. The molecule has 202 valence electrons. The van der Waals surface area contributed by atoms with Crippen LogP contribution in [-0.2, 0) is 11.8 Å². The number of carbonyl (C=O) groups excluding carboxylic acids is 1. The van der Waals surface area contributed by atoms with Crippen LogP contribution in [0.4, 0.5) is 5.69 Å². The molecule has 0 bridgehead atoms. The SMILES string of the molecule is C=C(N1C=CN=C(C)/C1=C(/N)c1ccc(NC(=O)c2cc3c(OC)cccc3n2C)c(OC)c1)C1(C)COC1. The van der Waals surface area contributed by atoms with Gasteiger partial charge in [0, 0.05) is 36.1 Å². The van der Waals surface area contributed by atoms with E-state index in [2.05, 4.69) is 23.8 Å². The molecule has 2 aliphatic heterocycles. The molecule has 5 rings (SSSR count). The number of nitrogens with one attached hydrogen (secondary N) is 1. The number of nitrogens with zero attached hydrogens (tertiary/aromatic N) is 3. The zero-order chi connectivity index (χ0) is 27.9. The minimum atomic E-state index is -0.271. The van der Waals surface area contributed by atoms with Crippen LogP contribution in [0.5, 0.6) is 11.5 Å². The van der Waals surface area contributed by atoms with E-state index in [1.54, 1.807) is 26.5 Å². The van der Waals surface area contributed by atoms with Gasteiger partial charge in [0.25, 0.3) is 5.91 Å². The van der Waals surface area contributed by atoms with Gasteiger partial charge >= 0.3 is 0 Å². The van der Waals surface area contributed by atoms with Gasteiger partial charge in [-0.15, -0.1) is 0 Å². The Morgan fingerprint density at radius 1 is 1.15 bits per heavy atom. The molecule has 2 aromatic carbocycles. The highest BCUT2D eigenvalue weighted by Crippen LogP contribution is 2.40. The maximum Gasteiger partial charge on any atom is 0.272 e. The van der Waals surface area contributed by atoms with E-state index in [9.17, 15) is 4.79 Å². The molecule has 1 saturated heterocycles. The monoisotopic (exact) mass is 527 g/mol. The van der Waals surface area contributed by atoms with Crippen molar-refractivity contribution in [1.29, 1.82) is 0 Å². The summed E-state index contributed by atoms with van der Waals surface area (Å²) in [7, 11) is 5.02. The lowest BCUT2D eigenvalue weighted by Crippen LogP contribution is -2.46. The predicted molar refractivity (Wildman–Crippen MR) is 154 cm³/mol. The van der Waals surface area contributed by atoms with E-state index in [-0.39, 0.29) is 11.3 Å². The highest BCUT2D eigenvalue weighted by molar-refractivity contribution is 6.08. The summed E-state index contributed by atoms with van der Waals surface area (Å²) >= 11 is 0. The third kappa shape index (κ3) is 4.44. The van der Waals surface area contributed by atoms with Crippen molar-refractivity contribution in [2.75, 3.05) is 32.8 Å². The van der Waals surface area contributed by atoms with Crippen LogP contribution in [0.2, 0.25) is 0 Å². The molecule has 0 aliphatic carbocycles. The van der Waals surface area contributed by atoms with Crippen molar-refractivity contribution in [3.8, 4) is 11.5 Å². The van der Waals surface area contributed by atoms with Gasteiger partial charge in [-0.1, -0.05) is 18.7 Å². The second kappa shape index (κ2) is 9.99. The number of anilines is 1. The molecule has 1 fully saturated rings. The second-order valence-corrected chi connectivity index (χ2v) is 10.00. The third-order valence-corrected chi connectivity index (χ3v) is 7.41. The van der Waals surface area contributed by atoms with Crippen molar-refractivity contribution in [3.63, 3.8) is 0 Å². The summed E-state index contributed by atoms with van der Waals surface area (Å²) in [6, 6.07) is 13.0. The number of carbonyl (C=O) groups is 1. The van der Waals surface area contributed by atoms with E-state index in [0.29, 0.717) is 41.8 Å². The summed E-state index contributed by atoms with van der Waals surface area (Å²) < 4.78 is 18.4. The first-order chi connectivity index (χ1) is 18.7. The van der Waals surface area contributed by atoms with Crippen LogP contribution < -0.4 is 20.5 Å². The molecule has 9 nitrogen and oxygen atoms in total. The summed E-state index contributed by atoms with van der Waals surface area (Å²) in [5, 5.41) is 3.84. The Labute approximate surface area is 227 Å². The molecule has 39 heavy (non-hydrogen) atoms. The van der Waals surface area contributed by atoms with Gasteiger partial charge in [0.2, 0.25) is 0 Å². The van der Waals surface area contributed by atoms with Crippen LogP contribution in [0, 0.1) is 5.41 Å². The van der Waals surface area contributed by atoms with E-state index in [0.717, 1.165) is 33.6 Å². The summed E-state index contributed by atoms with van der Waals surface area (Å²) in [5.74, 6) is 0.915. The van der Waals surface area contributed by atoms with E-state index in [1.807, 2.05) is 66.0 Å². The minimum Gasteiger partial charge on any atom is -0.496 e. The van der Waals surface area contributed by atoms with E-state index in [4.69, 9.17) is 19.9 Å².